The first kappa shape index (κ1) is 17.7. The molecule has 5 heteroatoms. The van der Waals surface area contributed by atoms with Crippen LogP contribution in [0, 0.1) is 0 Å². The first-order valence-corrected chi connectivity index (χ1v) is 9.16. The van der Waals surface area contributed by atoms with Crippen LogP contribution in [0.3, 0.4) is 0 Å². The zero-order chi connectivity index (χ0) is 19.5. The molecular formula is C23H21N3O2. The van der Waals surface area contributed by atoms with Crippen LogP contribution in [-0.4, -0.2) is 12.5 Å². The molecule has 0 aromatic heterocycles. The quantitative estimate of drug-likeness (QED) is 0.452. The number of hydrogen-bond acceptors (Lipinski definition) is 4. The first-order chi connectivity index (χ1) is 13.7. The molecule has 28 heavy (non-hydrogen) atoms. The molecule has 3 aromatic carbocycles. The van der Waals surface area contributed by atoms with E-state index in [1.165, 1.54) is 0 Å². The Bertz CT molecular complexity index is 1060. The number of ether oxygens (including phenoxy) is 1. The molecule has 0 atom stereocenters. The summed E-state index contributed by atoms with van der Waals surface area (Å²) in [5, 5.41) is 6.35. The minimum Gasteiger partial charge on any atom is -0.494 e. The fourth-order valence-electron chi connectivity index (χ4n) is 3.29. The van der Waals surface area contributed by atoms with Crippen molar-refractivity contribution in [1.82, 2.24) is 0 Å². The van der Waals surface area contributed by atoms with E-state index in [-0.39, 0.29) is 5.91 Å². The Morgan fingerprint density at radius 1 is 1.04 bits per heavy atom. The van der Waals surface area contributed by atoms with Gasteiger partial charge >= 0.3 is 0 Å². The Labute approximate surface area is 163 Å². The molecule has 140 valence electrons. The van der Waals surface area contributed by atoms with Crippen LogP contribution in [0.2, 0.25) is 0 Å². The van der Waals surface area contributed by atoms with Gasteiger partial charge in [-0.05, 0) is 42.8 Å². The van der Waals surface area contributed by atoms with E-state index in [4.69, 9.17) is 10.5 Å². The van der Waals surface area contributed by atoms with Crippen LogP contribution in [0.5, 0.6) is 5.75 Å². The summed E-state index contributed by atoms with van der Waals surface area (Å²) in [7, 11) is 0. The van der Waals surface area contributed by atoms with E-state index < -0.39 is 0 Å². The third kappa shape index (κ3) is 3.42. The predicted molar refractivity (Wildman–Crippen MR) is 114 cm³/mol. The highest BCUT2D eigenvalue weighted by Crippen LogP contribution is 2.38. The summed E-state index contributed by atoms with van der Waals surface area (Å²) in [5.74, 6) is 0.610. The lowest BCUT2D eigenvalue weighted by atomic mass is 9.99. The molecule has 0 aliphatic carbocycles. The Morgan fingerprint density at radius 2 is 1.86 bits per heavy atom. The second-order valence-corrected chi connectivity index (χ2v) is 6.46. The van der Waals surface area contributed by atoms with Gasteiger partial charge in [-0.15, -0.1) is 0 Å². The fraction of sp³-hybridized carbons (Fsp3) is 0.0870. The highest BCUT2D eigenvalue weighted by atomic mass is 16.5. The molecule has 5 nitrogen and oxygen atoms in total. The molecule has 1 aliphatic heterocycles. The fourth-order valence-corrected chi connectivity index (χ4v) is 3.29. The Kier molecular flexibility index (Phi) is 4.72. The van der Waals surface area contributed by atoms with Crippen LogP contribution in [0.15, 0.2) is 72.8 Å². The molecule has 1 amide bonds. The largest absolute Gasteiger partial charge is 0.494 e. The number of amides is 1. The third-order valence-electron chi connectivity index (χ3n) is 4.52. The van der Waals surface area contributed by atoms with Gasteiger partial charge in [-0.25, -0.2) is 0 Å². The van der Waals surface area contributed by atoms with Crippen LogP contribution in [-0.2, 0) is 4.79 Å². The number of nitrogen functional groups attached to an aromatic ring is 1. The smallest absolute Gasteiger partial charge is 0.258 e. The molecule has 0 radical (unpaired) electrons. The minimum atomic E-state index is -0.159. The SMILES string of the molecule is CCOc1cccc(N/C(=C2\C(=O)Nc3ccc(N)cc32)c2ccccc2)c1. The highest BCUT2D eigenvalue weighted by Gasteiger charge is 2.28. The van der Waals surface area contributed by atoms with E-state index in [9.17, 15) is 4.79 Å². The van der Waals surface area contributed by atoms with Gasteiger partial charge in [0.25, 0.3) is 5.91 Å². The molecule has 0 spiro atoms. The Balaban J connectivity index is 1.86. The summed E-state index contributed by atoms with van der Waals surface area (Å²) in [4.78, 5) is 12.8. The normalized spacial score (nSPS) is 14.2. The monoisotopic (exact) mass is 371 g/mol. The summed E-state index contributed by atoms with van der Waals surface area (Å²) in [6, 6.07) is 22.9. The Morgan fingerprint density at radius 3 is 2.64 bits per heavy atom. The van der Waals surface area contributed by atoms with Crippen molar-refractivity contribution in [3.8, 4) is 5.75 Å². The molecule has 4 rings (SSSR count). The summed E-state index contributed by atoms with van der Waals surface area (Å²) in [6.45, 7) is 2.53. The molecular weight excluding hydrogens is 350 g/mol. The van der Waals surface area contributed by atoms with Crippen LogP contribution in [0.25, 0.3) is 11.3 Å². The number of rotatable bonds is 5. The molecule has 0 bridgehead atoms. The Hall–Kier alpha value is -3.73. The topological polar surface area (TPSA) is 76.4 Å². The highest BCUT2D eigenvalue weighted by molar-refractivity contribution is 6.37. The van der Waals surface area contributed by atoms with Gasteiger partial charge in [0.05, 0.1) is 17.9 Å². The average Bonchev–Trinajstić information content (AvgIpc) is 3.02. The number of anilines is 3. The lowest BCUT2D eigenvalue weighted by Crippen LogP contribution is -2.10. The van der Waals surface area contributed by atoms with Gasteiger partial charge in [-0.1, -0.05) is 36.4 Å². The van der Waals surface area contributed by atoms with Crippen LogP contribution < -0.4 is 21.1 Å². The third-order valence-corrected chi connectivity index (χ3v) is 4.52. The number of hydrogen-bond donors (Lipinski definition) is 3. The molecule has 1 heterocycles. The molecule has 1 aliphatic rings. The minimum absolute atomic E-state index is 0.159. The molecule has 4 N–H and O–H groups in total. The van der Waals surface area contributed by atoms with Crippen LogP contribution in [0.4, 0.5) is 17.1 Å². The standard InChI is InChI=1S/C23H21N3O2/c1-2-28-18-10-6-9-17(14-18)25-22(15-7-4-3-5-8-15)21-19-13-16(24)11-12-20(19)26-23(21)27/h3-14,25H,2,24H2,1H3,(H,26,27)/b22-21-. The van der Waals surface area contributed by atoms with Gasteiger partial charge in [0.2, 0.25) is 0 Å². The zero-order valence-electron chi connectivity index (χ0n) is 15.5. The molecule has 0 saturated carbocycles. The lowest BCUT2D eigenvalue weighted by molar-refractivity contribution is -0.110. The maximum atomic E-state index is 12.8. The number of carbonyl (C=O) groups excluding carboxylic acids is 1. The van der Waals surface area contributed by atoms with Crippen molar-refractivity contribution in [3.63, 3.8) is 0 Å². The van der Waals surface area contributed by atoms with E-state index in [0.29, 0.717) is 17.9 Å². The van der Waals surface area contributed by atoms with Gasteiger partial charge in [0.1, 0.15) is 5.75 Å². The summed E-state index contributed by atoms with van der Waals surface area (Å²) >= 11 is 0. The van der Waals surface area contributed by atoms with Crippen molar-refractivity contribution in [2.24, 2.45) is 0 Å². The lowest BCUT2D eigenvalue weighted by Gasteiger charge is -2.15. The van der Waals surface area contributed by atoms with Crippen molar-refractivity contribution in [2.75, 3.05) is 23.0 Å². The van der Waals surface area contributed by atoms with Gasteiger partial charge in [0.15, 0.2) is 0 Å². The molecule has 0 unspecified atom stereocenters. The van der Waals surface area contributed by atoms with Crippen molar-refractivity contribution >= 4 is 34.2 Å². The van der Waals surface area contributed by atoms with Crippen molar-refractivity contribution in [1.29, 1.82) is 0 Å². The van der Waals surface area contributed by atoms with E-state index in [0.717, 1.165) is 33.9 Å². The number of fused-ring (bicyclic) bond motifs is 1. The second-order valence-electron chi connectivity index (χ2n) is 6.46. The predicted octanol–water partition coefficient (Wildman–Crippen LogP) is 4.60. The average molecular weight is 371 g/mol. The number of nitrogens with one attached hydrogen (secondary N) is 2. The van der Waals surface area contributed by atoms with Gasteiger partial charge in [0, 0.05) is 28.7 Å². The first-order valence-electron chi connectivity index (χ1n) is 9.16. The summed E-state index contributed by atoms with van der Waals surface area (Å²) < 4.78 is 5.60. The summed E-state index contributed by atoms with van der Waals surface area (Å²) in [5.41, 5.74) is 11.2. The maximum Gasteiger partial charge on any atom is 0.258 e. The molecule has 0 fully saturated rings. The second kappa shape index (κ2) is 7.48. The zero-order valence-corrected chi connectivity index (χ0v) is 15.5. The van der Waals surface area contributed by atoms with Crippen molar-refractivity contribution in [2.45, 2.75) is 6.92 Å². The maximum absolute atomic E-state index is 12.8. The van der Waals surface area contributed by atoms with Gasteiger partial charge in [-0.2, -0.15) is 0 Å². The molecule has 0 saturated heterocycles. The molecule has 3 aromatic rings. The van der Waals surface area contributed by atoms with Gasteiger partial charge in [-0.3, -0.25) is 4.79 Å². The van der Waals surface area contributed by atoms with E-state index in [1.54, 1.807) is 6.07 Å². The van der Waals surface area contributed by atoms with Crippen molar-refractivity contribution < 1.29 is 9.53 Å². The van der Waals surface area contributed by atoms with E-state index in [1.807, 2.05) is 73.7 Å². The number of carbonyl (C=O) groups is 1. The van der Waals surface area contributed by atoms with Crippen LogP contribution >= 0.6 is 0 Å². The number of nitrogens with two attached hydrogens (primary N) is 1. The number of benzene rings is 3. The van der Waals surface area contributed by atoms with Crippen LogP contribution in [0.1, 0.15) is 18.1 Å². The van der Waals surface area contributed by atoms with Gasteiger partial charge < -0.3 is 21.1 Å². The summed E-state index contributed by atoms with van der Waals surface area (Å²) in [6.07, 6.45) is 0. The van der Waals surface area contributed by atoms with E-state index >= 15 is 0 Å². The van der Waals surface area contributed by atoms with Crippen molar-refractivity contribution in [3.05, 3.63) is 83.9 Å². The van der Waals surface area contributed by atoms with E-state index in [2.05, 4.69) is 10.6 Å².